The normalized spacial score (nSPS) is 21.3. The van der Waals surface area contributed by atoms with Gasteiger partial charge in [-0.3, -0.25) is 34.0 Å². The summed E-state index contributed by atoms with van der Waals surface area (Å²) in [5.41, 5.74) is 7.90. The average molecular weight is 961 g/mol. The number of likely N-dealkylation sites (tertiary alicyclic amines) is 1. The van der Waals surface area contributed by atoms with Gasteiger partial charge >= 0.3 is 5.97 Å². The Morgan fingerprint density at radius 3 is 2.51 bits per heavy atom. The highest BCUT2D eigenvalue weighted by Gasteiger charge is 2.45. The van der Waals surface area contributed by atoms with Crippen molar-refractivity contribution in [3.8, 4) is 28.1 Å². The molecule has 3 aliphatic rings. The van der Waals surface area contributed by atoms with Crippen LogP contribution in [0.4, 0.5) is 0 Å². The Labute approximate surface area is 412 Å². The first-order valence-corrected chi connectivity index (χ1v) is 24.6. The van der Waals surface area contributed by atoms with Crippen LogP contribution in [0.2, 0.25) is 0 Å². The van der Waals surface area contributed by atoms with Gasteiger partial charge in [-0.25, -0.2) is 5.43 Å². The number of carbonyl (C=O) groups is 5. The molecule has 3 N–H and O–H groups in total. The number of phenolic OH excluding ortho intramolecular Hbond substituents is 1. The Hall–Kier alpha value is -6.10. The molecule has 4 amide bonds. The number of nitrogens with one attached hydrogen (secondary N) is 2. The smallest absolute Gasteiger partial charge is 0.324 e. The molecule has 16 nitrogen and oxygen atoms in total. The minimum Gasteiger partial charge on any atom is -0.508 e. The topological polar surface area (TPSA) is 179 Å². The highest BCUT2D eigenvalue weighted by molar-refractivity contribution is 5.97. The Balaban J connectivity index is 1.28. The number of likely N-dealkylation sites (N-methyl/N-ethyl adjacent to an activating group) is 2. The van der Waals surface area contributed by atoms with Crippen molar-refractivity contribution in [3.05, 3.63) is 83.7 Å². The fraction of sp³-hybridized carbons (Fsp3) is 0.519. The maximum atomic E-state index is 15.1. The van der Waals surface area contributed by atoms with Gasteiger partial charge in [0.1, 0.15) is 23.4 Å². The standard InChI is InChI=1S/C54H72N8O8/c1-11-61-45-19-18-36-28-41(45)42(48(61)40-15-12-21-55-44(40)32-69-10)30-53(4,5)33-70-51(67)43-16-13-23-62(57-43)52(68)54(6,29-35-25-38(36)27-39(63)26-35)56-49(65)47(34(2)3)59(9)50(66)37-20-24-60(31-37)46(64)17-14-22-58(7)8/h12,14-15,17-19,21,25-28,34,37,43,47,57,63H,11,13,16,20,22-24,29-33H2,1-10H3,(H,56,65)/b17-14-/t37-,43-,47-,54-/m0/s1. The van der Waals surface area contributed by atoms with Crippen LogP contribution in [-0.4, -0.2) is 143 Å². The van der Waals surface area contributed by atoms with E-state index >= 15 is 4.79 Å². The van der Waals surface area contributed by atoms with E-state index in [9.17, 15) is 24.3 Å². The number of esters is 1. The molecule has 0 saturated carbocycles. The number of rotatable bonds is 12. The Morgan fingerprint density at radius 1 is 1.03 bits per heavy atom. The predicted octanol–water partition coefficient (Wildman–Crippen LogP) is 5.73. The molecule has 2 aromatic heterocycles. The summed E-state index contributed by atoms with van der Waals surface area (Å²) in [4.78, 5) is 80.9. The molecule has 3 aliphatic heterocycles. The number of aromatic hydroxyl groups is 1. The molecule has 2 aromatic carbocycles. The van der Waals surface area contributed by atoms with Crippen molar-refractivity contribution in [1.82, 2.24) is 40.0 Å². The van der Waals surface area contributed by atoms with Crippen LogP contribution in [0.1, 0.15) is 77.6 Å². The number of benzene rings is 2. The molecule has 0 aliphatic carbocycles. The van der Waals surface area contributed by atoms with Gasteiger partial charge in [0, 0.05) is 87.5 Å². The third-order valence-electron chi connectivity index (χ3n) is 13.9. The second kappa shape index (κ2) is 21.5. The summed E-state index contributed by atoms with van der Waals surface area (Å²) in [6, 6.07) is 13.7. The summed E-state index contributed by atoms with van der Waals surface area (Å²) in [7, 11) is 7.09. The number of fused-ring (bicyclic) bond motifs is 6. The van der Waals surface area contributed by atoms with Crippen molar-refractivity contribution in [2.75, 3.05) is 61.0 Å². The fourth-order valence-corrected chi connectivity index (χ4v) is 10.5. The number of hydrogen-bond donors (Lipinski definition) is 3. The number of hydrazine groups is 1. The van der Waals surface area contributed by atoms with Gasteiger partial charge < -0.3 is 39.2 Å². The monoisotopic (exact) mass is 961 g/mol. The molecule has 16 heteroatoms. The van der Waals surface area contributed by atoms with Crippen LogP contribution in [0.3, 0.4) is 0 Å². The van der Waals surface area contributed by atoms with Gasteiger partial charge in [-0.15, -0.1) is 0 Å². The van der Waals surface area contributed by atoms with Crippen LogP contribution in [0.25, 0.3) is 33.3 Å². The lowest BCUT2D eigenvalue weighted by Crippen LogP contribution is -2.67. The Bertz CT molecular complexity index is 2640. The van der Waals surface area contributed by atoms with Crippen molar-refractivity contribution in [2.24, 2.45) is 17.3 Å². The third-order valence-corrected chi connectivity index (χ3v) is 13.9. The van der Waals surface area contributed by atoms with Gasteiger partial charge in [0.05, 0.1) is 30.5 Å². The largest absolute Gasteiger partial charge is 0.508 e. The summed E-state index contributed by atoms with van der Waals surface area (Å²) in [5.74, 6) is -2.82. The highest BCUT2D eigenvalue weighted by atomic mass is 16.5. The summed E-state index contributed by atoms with van der Waals surface area (Å²) in [6.07, 6.45) is 6.98. The lowest BCUT2D eigenvalue weighted by molar-refractivity contribution is -0.157. The van der Waals surface area contributed by atoms with Crippen molar-refractivity contribution in [2.45, 2.75) is 104 Å². The van der Waals surface area contributed by atoms with Crippen LogP contribution in [-0.2, 0) is 59.4 Å². The number of ether oxygens (including phenoxy) is 2. The van der Waals surface area contributed by atoms with Crippen molar-refractivity contribution < 1.29 is 38.6 Å². The lowest BCUT2D eigenvalue weighted by atomic mass is 9.84. The zero-order valence-electron chi connectivity index (χ0n) is 42.6. The first-order chi connectivity index (χ1) is 33.2. The van der Waals surface area contributed by atoms with E-state index in [0.29, 0.717) is 63.1 Å². The second-order valence-corrected chi connectivity index (χ2v) is 20.9. The Kier molecular flexibility index (Phi) is 15.9. The number of aryl methyl sites for hydroxylation is 1. The van der Waals surface area contributed by atoms with Gasteiger partial charge in [-0.05, 0) is 118 Å². The van der Waals surface area contributed by atoms with Gasteiger partial charge in [-0.1, -0.05) is 45.9 Å². The second-order valence-electron chi connectivity index (χ2n) is 20.9. The van der Waals surface area contributed by atoms with E-state index in [1.807, 2.05) is 51.0 Å². The number of nitrogens with zero attached hydrogens (tertiary/aromatic N) is 6. The molecule has 6 bridgehead atoms. The summed E-state index contributed by atoms with van der Waals surface area (Å²) in [6.45, 7) is 14.2. The Morgan fingerprint density at radius 2 is 1.80 bits per heavy atom. The van der Waals surface area contributed by atoms with Crippen LogP contribution in [0, 0.1) is 17.3 Å². The van der Waals surface area contributed by atoms with Gasteiger partial charge in [0.2, 0.25) is 17.7 Å². The quantitative estimate of drug-likeness (QED) is 0.117. The van der Waals surface area contributed by atoms with E-state index in [4.69, 9.17) is 14.5 Å². The molecule has 70 heavy (non-hydrogen) atoms. The van der Waals surface area contributed by atoms with Gasteiger partial charge in [0.15, 0.2) is 0 Å². The van der Waals surface area contributed by atoms with Crippen molar-refractivity contribution in [3.63, 3.8) is 0 Å². The molecule has 5 heterocycles. The number of methoxy groups -OCH3 is 1. The predicted molar refractivity (Wildman–Crippen MR) is 269 cm³/mol. The molecule has 0 unspecified atom stereocenters. The molecular formula is C54H72N8O8. The van der Waals surface area contributed by atoms with Gasteiger partial charge in [-0.2, -0.15) is 0 Å². The SMILES string of the molecule is CCn1c(-c2cccnc2COC)c2c3cc(ccc31)-c1cc(O)cc(c1)C[C@](C)(NC(=O)[C@H](C(C)C)N(C)C(=O)[C@H]1CCN(C(=O)/C=C\CN(C)C)C1)C(=O)N1CCC[C@H](N1)C(=O)OCC(C)(C)C2. The maximum absolute atomic E-state index is 15.1. The van der Waals surface area contributed by atoms with Crippen LogP contribution < -0.4 is 10.7 Å². The van der Waals surface area contributed by atoms with E-state index in [1.165, 1.54) is 16.0 Å². The number of carbonyl (C=O) groups excluding carboxylic acids is 5. The molecule has 4 aromatic rings. The molecular weight excluding hydrogens is 889 g/mol. The number of pyridine rings is 1. The number of phenols is 1. The molecule has 0 radical (unpaired) electrons. The van der Waals surface area contributed by atoms with E-state index in [-0.39, 0.29) is 49.6 Å². The maximum Gasteiger partial charge on any atom is 0.324 e. The molecule has 4 atom stereocenters. The summed E-state index contributed by atoms with van der Waals surface area (Å²) < 4.78 is 14.0. The summed E-state index contributed by atoms with van der Waals surface area (Å²) in [5, 5.41) is 16.9. The van der Waals surface area contributed by atoms with Crippen LogP contribution in [0.5, 0.6) is 5.75 Å². The molecule has 0 spiro atoms. The average Bonchev–Trinajstić information content (AvgIpc) is 3.93. The van der Waals surface area contributed by atoms with E-state index < -0.39 is 46.7 Å². The number of amides is 4. The minimum absolute atomic E-state index is 0.0163. The highest BCUT2D eigenvalue weighted by Crippen LogP contribution is 2.41. The van der Waals surface area contributed by atoms with Crippen LogP contribution in [0.15, 0.2) is 66.9 Å². The molecule has 2 fully saturated rings. The molecule has 2 saturated heterocycles. The summed E-state index contributed by atoms with van der Waals surface area (Å²) >= 11 is 0. The number of cyclic esters (lactones) is 1. The fourth-order valence-electron chi connectivity index (χ4n) is 10.5. The zero-order valence-corrected chi connectivity index (χ0v) is 42.6. The first kappa shape index (κ1) is 51.7. The molecule has 376 valence electrons. The lowest BCUT2D eigenvalue weighted by Gasteiger charge is -2.41. The van der Waals surface area contributed by atoms with Gasteiger partial charge in [0.25, 0.3) is 5.91 Å². The molecule has 7 rings (SSSR count). The first-order valence-electron chi connectivity index (χ1n) is 24.6. The van der Waals surface area contributed by atoms with Crippen LogP contribution >= 0.6 is 0 Å². The van der Waals surface area contributed by atoms with E-state index in [1.54, 1.807) is 50.4 Å². The third kappa shape index (κ3) is 11.2. The number of aromatic nitrogens is 2. The van der Waals surface area contributed by atoms with E-state index in [2.05, 4.69) is 54.3 Å². The van der Waals surface area contributed by atoms with E-state index in [0.717, 1.165) is 39.0 Å². The zero-order chi connectivity index (χ0) is 50.7. The van der Waals surface area contributed by atoms with Crippen molar-refractivity contribution in [1.29, 1.82) is 0 Å². The van der Waals surface area contributed by atoms with Crippen molar-refractivity contribution >= 4 is 40.5 Å². The minimum atomic E-state index is -1.64. The number of hydrogen-bond acceptors (Lipinski definition) is 11.